The van der Waals surface area contributed by atoms with Crippen LogP contribution in [0.4, 0.5) is 0 Å². The van der Waals surface area contributed by atoms with Crippen LogP contribution in [-0.2, 0) is 19.1 Å². The van der Waals surface area contributed by atoms with Crippen LogP contribution in [0.25, 0.3) is 0 Å². The van der Waals surface area contributed by atoms with Gasteiger partial charge in [0.05, 0.1) is 35.8 Å². The third-order valence-corrected chi connectivity index (χ3v) is 10.5. The Kier molecular flexibility index (Phi) is 9.95. The van der Waals surface area contributed by atoms with Crippen LogP contribution in [-0.4, -0.2) is 80.6 Å². The SMILES string of the molecule is C=CCCCCOC(=O)[C@H]1[C@H]2C(=O)N([C@@H](CO)C(C)C)C(C(=O)N(CC=C)CCCC)C23CC[C@]1(C)S3. The van der Waals surface area contributed by atoms with E-state index in [1.807, 2.05) is 19.9 Å². The van der Waals surface area contributed by atoms with Gasteiger partial charge in [-0.2, -0.15) is 0 Å². The summed E-state index contributed by atoms with van der Waals surface area (Å²) in [5.74, 6) is -1.90. The van der Waals surface area contributed by atoms with Crippen molar-refractivity contribution in [3.63, 3.8) is 0 Å². The summed E-state index contributed by atoms with van der Waals surface area (Å²) >= 11 is 1.65. The van der Waals surface area contributed by atoms with Gasteiger partial charge >= 0.3 is 5.97 Å². The van der Waals surface area contributed by atoms with Gasteiger partial charge in [0, 0.05) is 17.8 Å². The average molecular weight is 535 g/mol. The topological polar surface area (TPSA) is 87.1 Å². The van der Waals surface area contributed by atoms with E-state index in [1.165, 1.54) is 0 Å². The highest BCUT2D eigenvalue weighted by Gasteiger charge is 2.78. The molecule has 0 aliphatic carbocycles. The van der Waals surface area contributed by atoms with Crippen molar-refractivity contribution in [2.45, 2.75) is 94.2 Å². The highest BCUT2D eigenvalue weighted by atomic mass is 32.2. The lowest BCUT2D eigenvalue weighted by Crippen LogP contribution is -2.58. The van der Waals surface area contributed by atoms with Gasteiger partial charge in [-0.15, -0.1) is 24.9 Å². The Morgan fingerprint density at radius 1 is 1.24 bits per heavy atom. The standard InChI is InChI=1S/C29H46N2O5S/c1-7-10-12-13-18-36-27(35)23-22-25(33)31(21(19-32)20(4)5)24(29(22)15-14-28(23,6)37-29)26(34)30(16-9-3)17-11-8-2/h7,9,20-24,32H,1,3,8,10-19H2,2,4-6H3/t21-,22-,23+,24?,28-,29?/m0/s1. The third-order valence-electron chi connectivity index (χ3n) is 8.51. The number of likely N-dealkylation sites (tertiary alicyclic amines) is 1. The van der Waals surface area contributed by atoms with Crippen LogP contribution < -0.4 is 0 Å². The summed E-state index contributed by atoms with van der Waals surface area (Å²) < 4.78 is 4.57. The fraction of sp³-hybridized carbons (Fsp3) is 0.759. The molecule has 3 aliphatic rings. The number of thioether (sulfide) groups is 1. The van der Waals surface area contributed by atoms with Crippen LogP contribution in [0.15, 0.2) is 25.3 Å². The lowest BCUT2D eigenvalue weighted by atomic mass is 9.66. The van der Waals surface area contributed by atoms with E-state index in [1.54, 1.807) is 27.6 Å². The molecule has 7 nitrogen and oxygen atoms in total. The fourth-order valence-electron chi connectivity index (χ4n) is 6.60. The van der Waals surface area contributed by atoms with Gasteiger partial charge in [0.25, 0.3) is 0 Å². The second-order valence-electron chi connectivity index (χ2n) is 11.3. The molecule has 6 atom stereocenters. The number of hydrogen-bond acceptors (Lipinski definition) is 6. The third kappa shape index (κ3) is 5.38. The molecule has 3 rings (SSSR count). The van der Waals surface area contributed by atoms with Gasteiger partial charge in [-0.25, -0.2) is 0 Å². The maximum atomic E-state index is 14.3. The van der Waals surface area contributed by atoms with Crippen LogP contribution >= 0.6 is 11.8 Å². The summed E-state index contributed by atoms with van der Waals surface area (Å²) in [5, 5.41) is 10.4. The number of unbranched alkanes of at least 4 members (excludes halogenated alkanes) is 3. The molecule has 2 bridgehead atoms. The summed E-state index contributed by atoms with van der Waals surface area (Å²) in [4.78, 5) is 45.5. The minimum atomic E-state index is -0.724. The Labute approximate surface area is 227 Å². The lowest BCUT2D eigenvalue weighted by molar-refractivity contribution is -0.156. The van der Waals surface area contributed by atoms with Crippen molar-refractivity contribution in [2.24, 2.45) is 17.8 Å². The van der Waals surface area contributed by atoms with Crippen molar-refractivity contribution < 1.29 is 24.2 Å². The highest BCUT2D eigenvalue weighted by molar-refractivity contribution is 8.02. The number of aliphatic hydroxyl groups excluding tert-OH is 1. The number of nitrogens with zero attached hydrogens (tertiary/aromatic N) is 2. The van der Waals surface area contributed by atoms with E-state index in [0.717, 1.165) is 38.5 Å². The summed E-state index contributed by atoms with van der Waals surface area (Å²) in [5.41, 5.74) is 0. The van der Waals surface area contributed by atoms with Gasteiger partial charge < -0.3 is 19.6 Å². The van der Waals surface area contributed by atoms with E-state index >= 15 is 0 Å². The fourth-order valence-corrected chi connectivity index (χ4v) is 8.93. The zero-order valence-corrected chi connectivity index (χ0v) is 23.9. The minimum absolute atomic E-state index is 0.0454. The van der Waals surface area contributed by atoms with Crippen molar-refractivity contribution in [3.8, 4) is 0 Å². The van der Waals surface area contributed by atoms with E-state index in [0.29, 0.717) is 26.1 Å². The van der Waals surface area contributed by atoms with Crippen molar-refractivity contribution in [1.82, 2.24) is 9.80 Å². The number of amides is 2. The number of carbonyl (C=O) groups is 3. The Bertz CT molecular complexity index is 878. The predicted octanol–water partition coefficient (Wildman–Crippen LogP) is 4.20. The van der Waals surface area contributed by atoms with E-state index in [4.69, 9.17) is 4.74 Å². The van der Waals surface area contributed by atoms with Gasteiger partial charge in [-0.1, -0.05) is 39.3 Å². The number of aliphatic hydroxyl groups is 1. The van der Waals surface area contributed by atoms with Gasteiger partial charge in [0.15, 0.2) is 0 Å². The second kappa shape index (κ2) is 12.4. The van der Waals surface area contributed by atoms with Gasteiger partial charge in [0.1, 0.15) is 6.04 Å². The molecule has 3 fully saturated rings. The molecule has 2 unspecified atom stereocenters. The molecule has 0 aromatic heterocycles. The van der Waals surface area contributed by atoms with Crippen molar-refractivity contribution in [1.29, 1.82) is 0 Å². The van der Waals surface area contributed by atoms with Crippen molar-refractivity contribution in [3.05, 3.63) is 25.3 Å². The normalized spacial score (nSPS) is 30.9. The first-order valence-electron chi connectivity index (χ1n) is 13.9. The van der Waals surface area contributed by atoms with E-state index in [-0.39, 0.29) is 30.3 Å². The summed E-state index contributed by atoms with van der Waals surface area (Å²) in [7, 11) is 0. The molecule has 8 heteroatoms. The molecular formula is C29H46N2O5S. The monoisotopic (exact) mass is 534 g/mol. The van der Waals surface area contributed by atoms with Crippen LogP contribution in [0, 0.1) is 17.8 Å². The van der Waals surface area contributed by atoms with Crippen LogP contribution in [0.5, 0.6) is 0 Å². The summed E-state index contributed by atoms with van der Waals surface area (Å²) in [6.45, 7) is 16.7. The molecule has 0 saturated carbocycles. The number of esters is 1. The minimum Gasteiger partial charge on any atom is -0.465 e. The quantitative estimate of drug-likeness (QED) is 0.193. The molecule has 0 aromatic rings. The molecular weight excluding hydrogens is 488 g/mol. The molecule has 0 radical (unpaired) electrons. The first-order valence-corrected chi connectivity index (χ1v) is 14.8. The van der Waals surface area contributed by atoms with E-state index in [9.17, 15) is 19.5 Å². The zero-order valence-electron chi connectivity index (χ0n) is 23.1. The number of ether oxygens (including phenoxy) is 1. The van der Waals surface area contributed by atoms with Gasteiger partial charge in [-0.05, 0) is 51.4 Å². The highest BCUT2D eigenvalue weighted by Crippen LogP contribution is 2.71. The van der Waals surface area contributed by atoms with Crippen molar-refractivity contribution >= 4 is 29.5 Å². The molecule has 37 heavy (non-hydrogen) atoms. The molecule has 1 spiro atoms. The summed E-state index contributed by atoms with van der Waals surface area (Å²) in [6, 6.07) is -1.22. The lowest BCUT2D eigenvalue weighted by Gasteiger charge is -2.40. The number of allylic oxidation sites excluding steroid dienone is 1. The second-order valence-corrected chi connectivity index (χ2v) is 13.2. The molecule has 0 aromatic carbocycles. The van der Waals surface area contributed by atoms with Crippen molar-refractivity contribution in [2.75, 3.05) is 26.3 Å². The van der Waals surface area contributed by atoms with E-state index < -0.39 is 33.4 Å². The number of hydrogen-bond donors (Lipinski definition) is 1. The van der Waals surface area contributed by atoms with Crippen LogP contribution in [0.1, 0.15) is 72.6 Å². The Morgan fingerprint density at radius 3 is 2.57 bits per heavy atom. The molecule has 3 aliphatic heterocycles. The largest absolute Gasteiger partial charge is 0.465 e. The summed E-state index contributed by atoms with van der Waals surface area (Å²) in [6.07, 6.45) is 9.33. The molecule has 3 saturated heterocycles. The number of rotatable bonds is 15. The molecule has 3 heterocycles. The Morgan fingerprint density at radius 2 is 1.97 bits per heavy atom. The average Bonchev–Trinajstić information content (AvgIpc) is 3.42. The molecule has 2 amide bonds. The Hall–Kier alpha value is -1.80. The smallest absolute Gasteiger partial charge is 0.311 e. The van der Waals surface area contributed by atoms with E-state index in [2.05, 4.69) is 27.0 Å². The van der Waals surface area contributed by atoms with Gasteiger partial charge in [0.2, 0.25) is 11.8 Å². The molecule has 1 N–H and O–H groups in total. The zero-order chi connectivity index (χ0) is 27.4. The Balaban J connectivity index is 2.00. The van der Waals surface area contributed by atoms with Crippen LogP contribution in [0.3, 0.4) is 0 Å². The number of fused-ring (bicyclic) bond motifs is 1. The maximum Gasteiger partial charge on any atom is 0.311 e. The number of carbonyl (C=O) groups excluding carboxylic acids is 3. The van der Waals surface area contributed by atoms with Crippen LogP contribution in [0.2, 0.25) is 0 Å². The first kappa shape index (κ1) is 29.8. The first-order chi connectivity index (χ1) is 17.6. The van der Waals surface area contributed by atoms with Gasteiger partial charge in [-0.3, -0.25) is 14.4 Å². The molecule has 208 valence electrons. The predicted molar refractivity (Wildman–Crippen MR) is 148 cm³/mol. The maximum absolute atomic E-state index is 14.3.